The standard InChI is InChI=1S/C9H11N3O4/c13-8(6-3-10-5-11-6)12-1-2-16-4-7(12)9(14)15/h3,5,7H,1-2,4H2,(H,10,11)(H,14,15). The van der Waals surface area contributed by atoms with Crippen molar-refractivity contribution in [1.82, 2.24) is 14.9 Å². The number of hydrogen-bond acceptors (Lipinski definition) is 4. The summed E-state index contributed by atoms with van der Waals surface area (Å²) in [4.78, 5) is 30.5. The van der Waals surface area contributed by atoms with Crippen molar-refractivity contribution in [2.75, 3.05) is 19.8 Å². The summed E-state index contributed by atoms with van der Waals surface area (Å²) in [5.41, 5.74) is 0.285. The summed E-state index contributed by atoms with van der Waals surface area (Å²) in [7, 11) is 0. The molecule has 2 heterocycles. The smallest absolute Gasteiger partial charge is 0.328 e. The van der Waals surface area contributed by atoms with Gasteiger partial charge in [-0.25, -0.2) is 9.78 Å². The van der Waals surface area contributed by atoms with Gasteiger partial charge in [-0.3, -0.25) is 4.79 Å². The zero-order valence-electron chi connectivity index (χ0n) is 8.42. The Morgan fingerprint density at radius 2 is 2.44 bits per heavy atom. The zero-order valence-corrected chi connectivity index (χ0v) is 8.42. The Hall–Kier alpha value is -1.89. The fourth-order valence-corrected chi connectivity index (χ4v) is 1.58. The molecule has 1 aliphatic rings. The highest BCUT2D eigenvalue weighted by molar-refractivity contribution is 5.95. The Labute approximate surface area is 91.0 Å². The molecule has 86 valence electrons. The molecule has 1 amide bonds. The van der Waals surface area contributed by atoms with Gasteiger partial charge in [0.2, 0.25) is 0 Å². The highest BCUT2D eigenvalue weighted by Crippen LogP contribution is 2.11. The van der Waals surface area contributed by atoms with Gasteiger partial charge in [-0.1, -0.05) is 0 Å². The van der Waals surface area contributed by atoms with Crippen LogP contribution in [-0.4, -0.2) is 57.7 Å². The van der Waals surface area contributed by atoms with E-state index in [0.29, 0.717) is 6.61 Å². The number of carboxylic acid groups (broad SMARTS) is 1. The third-order valence-electron chi connectivity index (χ3n) is 2.40. The second kappa shape index (κ2) is 4.31. The lowest BCUT2D eigenvalue weighted by Gasteiger charge is -2.32. The van der Waals surface area contributed by atoms with Crippen molar-refractivity contribution >= 4 is 11.9 Å². The molecule has 1 atom stereocenters. The van der Waals surface area contributed by atoms with E-state index in [-0.39, 0.29) is 24.8 Å². The lowest BCUT2D eigenvalue weighted by molar-refractivity contribution is -0.147. The fraction of sp³-hybridized carbons (Fsp3) is 0.444. The Balaban J connectivity index is 2.17. The molecule has 1 aromatic heterocycles. The molecule has 1 aromatic rings. The van der Waals surface area contributed by atoms with Gasteiger partial charge in [0.15, 0.2) is 6.04 Å². The summed E-state index contributed by atoms with van der Waals surface area (Å²) < 4.78 is 5.04. The third-order valence-corrected chi connectivity index (χ3v) is 2.40. The molecular formula is C9H11N3O4. The lowest BCUT2D eigenvalue weighted by atomic mass is 10.2. The zero-order chi connectivity index (χ0) is 11.5. The number of ether oxygens (including phenoxy) is 1. The maximum atomic E-state index is 11.9. The molecule has 1 aliphatic heterocycles. The van der Waals surface area contributed by atoms with E-state index in [2.05, 4.69) is 9.97 Å². The van der Waals surface area contributed by atoms with Gasteiger partial charge in [0.25, 0.3) is 5.91 Å². The van der Waals surface area contributed by atoms with Crippen LogP contribution in [0.15, 0.2) is 12.5 Å². The Kier molecular flexibility index (Phi) is 2.86. The van der Waals surface area contributed by atoms with Crippen LogP contribution in [0.4, 0.5) is 0 Å². The molecule has 1 unspecified atom stereocenters. The highest BCUT2D eigenvalue weighted by atomic mass is 16.5. The molecule has 0 bridgehead atoms. The van der Waals surface area contributed by atoms with Crippen molar-refractivity contribution in [3.05, 3.63) is 18.2 Å². The normalized spacial score (nSPS) is 20.8. The van der Waals surface area contributed by atoms with E-state index in [9.17, 15) is 9.59 Å². The summed E-state index contributed by atoms with van der Waals surface area (Å²) in [6.07, 6.45) is 2.75. The van der Waals surface area contributed by atoms with Crippen LogP contribution < -0.4 is 0 Å². The van der Waals surface area contributed by atoms with Gasteiger partial charge in [0.05, 0.1) is 25.7 Å². The van der Waals surface area contributed by atoms with E-state index in [1.165, 1.54) is 17.4 Å². The topological polar surface area (TPSA) is 95.5 Å². The summed E-state index contributed by atoms with van der Waals surface area (Å²) in [6.45, 7) is 0.647. The number of carbonyl (C=O) groups is 2. The average molecular weight is 225 g/mol. The number of H-pyrrole nitrogens is 1. The molecular weight excluding hydrogens is 214 g/mol. The van der Waals surface area contributed by atoms with Gasteiger partial charge in [-0.15, -0.1) is 0 Å². The number of carboxylic acids is 1. The molecule has 0 aromatic carbocycles. The maximum Gasteiger partial charge on any atom is 0.328 e. The predicted octanol–water partition coefficient (Wildman–Crippen LogP) is -0.665. The predicted molar refractivity (Wildman–Crippen MR) is 51.9 cm³/mol. The second-order valence-corrected chi connectivity index (χ2v) is 3.39. The summed E-state index contributed by atoms with van der Waals surface area (Å²) in [5.74, 6) is -1.43. The van der Waals surface area contributed by atoms with Crippen molar-refractivity contribution < 1.29 is 19.4 Å². The van der Waals surface area contributed by atoms with Gasteiger partial charge >= 0.3 is 5.97 Å². The Morgan fingerprint density at radius 1 is 1.62 bits per heavy atom. The maximum absolute atomic E-state index is 11.9. The van der Waals surface area contributed by atoms with Crippen molar-refractivity contribution in [2.24, 2.45) is 0 Å². The molecule has 7 nitrogen and oxygen atoms in total. The van der Waals surface area contributed by atoms with Gasteiger partial charge in [-0.05, 0) is 0 Å². The van der Waals surface area contributed by atoms with Crippen molar-refractivity contribution in [1.29, 1.82) is 0 Å². The number of nitrogens with one attached hydrogen (secondary N) is 1. The molecule has 16 heavy (non-hydrogen) atoms. The van der Waals surface area contributed by atoms with Gasteiger partial charge < -0.3 is 19.7 Å². The van der Waals surface area contributed by atoms with Gasteiger partial charge in [0, 0.05) is 6.54 Å². The monoisotopic (exact) mass is 225 g/mol. The largest absolute Gasteiger partial charge is 0.480 e. The molecule has 1 fully saturated rings. The minimum absolute atomic E-state index is 0.0230. The highest BCUT2D eigenvalue weighted by Gasteiger charge is 2.33. The van der Waals surface area contributed by atoms with Crippen molar-refractivity contribution in [2.45, 2.75) is 6.04 Å². The van der Waals surface area contributed by atoms with Gasteiger partial charge in [-0.2, -0.15) is 0 Å². The van der Waals surface area contributed by atoms with E-state index >= 15 is 0 Å². The molecule has 1 saturated heterocycles. The molecule has 7 heteroatoms. The minimum atomic E-state index is -1.06. The van der Waals surface area contributed by atoms with E-state index in [0.717, 1.165) is 0 Å². The quantitative estimate of drug-likeness (QED) is 0.696. The van der Waals surface area contributed by atoms with E-state index in [4.69, 9.17) is 9.84 Å². The van der Waals surface area contributed by atoms with Crippen LogP contribution in [-0.2, 0) is 9.53 Å². The van der Waals surface area contributed by atoms with Crippen LogP contribution in [0.1, 0.15) is 10.5 Å². The Morgan fingerprint density at radius 3 is 3.06 bits per heavy atom. The molecule has 0 radical (unpaired) electrons. The van der Waals surface area contributed by atoms with Crippen LogP contribution in [0.3, 0.4) is 0 Å². The number of rotatable bonds is 2. The molecule has 2 N–H and O–H groups in total. The number of nitrogens with zero attached hydrogens (tertiary/aromatic N) is 2. The first-order valence-electron chi connectivity index (χ1n) is 4.80. The number of carbonyl (C=O) groups excluding carboxylic acids is 1. The van der Waals surface area contributed by atoms with Crippen LogP contribution >= 0.6 is 0 Å². The second-order valence-electron chi connectivity index (χ2n) is 3.39. The minimum Gasteiger partial charge on any atom is -0.480 e. The number of hydrogen-bond donors (Lipinski definition) is 2. The van der Waals surface area contributed by atoms with Crippen LogP contribution in [0.2, 0.25) is 0 Å². The molecule has 0 aliphatic carbocycles. The van der Waals surface area contributed by atoms with E-state index in [1.54, 1.807) is 0 Å². The molecule has 0 saturated carbocycles. The summed E-state index contributed by atoms with van der Waals surface area (Å²) in [5, 5.41) is 8.96. The van der Waals surface area contributed by atoms with Crippen LogP contribution in [0, 0.1) is 0 Å². The summed E-state index contributed by atoms with van der Waals surface area (Å²) in [6, 6.07) is -0.926. The van der Waals surface area contributed by atoms with E-state index in [1.807, 2.05) is 0 Å². The number of morpholine rings is 1. The first kappa shape index (κ1) is 10.6. The number of amides is 1. The number of imidazole rings is 1. The van der Waals surface area contributed by atoms with Crippen LogP contribution in [0.25, 0.3) is 0 Å². The molecule has 2 rings (SSSR count). The first-order chi connectivity index (χ1) is 7.70. The van der Waals surface area contributed by atoms with E-state index < -0.39 is 12.0 Å². The summed E-state index contributed by atoms with van der Waals surface area (Å²) >= 11 is 0. The Bertz CT molecular complexity index is 389. The number of aromatic nitrogens is 2. The number of aromatic amines is 1. The molecule has 0 spiro atoms. The van der Waals surface area contributed by atoms with Gasteiger partial charge in [0.1, 0.15) is 5.69 Å². The average Bonchev–Trinajstić information content (AvgIpc) is 2.81. The third kappa shape index (κ3) is 1.89. The first-order valence-corrected chi connectivity index (χ1v) is 4.80. The fourth-order valence-electron chi connectivity index (χ4n) is 1.58. The number of aliphatic carboxylic acids is 1. The van der Waals surface area contributed by atoms with Crippen molar-refractivity contribution in [3.8, 4) is 0 Å². The van der Waals surface area contributed by atoms with Crippen LogP contribution in [0.5, 0.6) is 0 Å². The SMILES string of the molecule is O=C(O)C1COCCN1C(=O)c1cnc[nH]1. The lowest BCUT2D eigenvalue weighted by Crippen LogP contribution is -2.52. The van der Waals surface area contributed by atoms with Crippen molar-refractivity contribution in [3.63, 3.8) is 0 Å².